The Morgan fingerprint density at radius 3 is 1.58 bits per heavy atom. The van der Waals surface area contributed by atoms with Crippen LogP contribution in [0.25, 0.3) is 0 Å². The molecule has 8 nitrogen and oxygen atoms in total. The van der Waals surface area contributed by atoms with Gasteiger partial charge in [-0.1, -0.05) is 160 Å². The molecule has 0 saturated carbocycles. The van der Waals surface area contributed by atoms with Gasteiger partial charge in [-0.05, 0) is 44.9 Å². The molecule has 0 fully saturated rings. The topological polar surface area (TPSA) is 91.3 Å². The predicted octanol–water partition coefficient (Wildman–Crippen LogP) is 12.4. The Labute approximate surface area is 322 Å². The van der Waals surface area contributed by atoms with Crippen molar-refractivity contribution in [3.05, 3.63) is 24.3 Å². The Balaban J connectivity index is 4.23. The molecule has 1 N–H and O–H groups in total. The van der Waals surface area contributed by atoms with Gasteiger partial charge in [-0.15, -0.1) is 0 Å². The van der Waals surface area contributed by atoms with Gasteiger partial charge in [0, 0.05) is 13.0 Å². The highest BCUT2D eigenvalue weighted by Crippen LogP contribution is 2.43. The molecule has 0 radical (unpaired) electrons. The minimum atomic E-state index is -4.27. The maximum absolute atomic E-state index is 12.7. The third-order valence-corrected chi connectivity index (χ3v) is 10.2. The van der Waals surface area contributed by atoms with Crippen molar-refractivity contribution in [2.45, 2.75) is 193 Å². The summed E-state index contributed by atoms with van der Waals surface area (Å²) in [6.45, 7) is 5.61. The van der Waals surface area contributed by atoms with Gasteiger partial charge in [-0.25, -0.2) is 4.57 Å². The summed E-state index contributed by atoms with van der Waals surface area (Å²) in [4.78, 5) is 22.8. The second kappa shape index (κ2) is 36.9. The van der Waals surface area contributed by atoms with Crippen molar-refractivity contribution in [3.63, 3.8) is 0 Å². The molecule has 0 aromatic rings. The van der Waals surface area contributed by atoms with E-state index < -0.39 is 13.9 Å². The van der Waals surface area contributed by atoms with Crippen LogP contribution in [0.1, 0.15) is 187 Å². The number of quaternary nitrogens is 1. The van der Waals surface area contributed by atoms with Crippen LogP contribution < -0.4 is 0 Å². The number of carbonyl (C=O) groups excluding carboxylic acids is 1. The molecule has 308 valence electrons. The molecular formula is C43H85NO7P+. The van der Waals surface area contributed by atoms with E-state index in [2.05, 4.69) is 38.2 Å². The second-order valence-corrected chi connectivity index (χ2v) is 17.2. The van der Waals surface area contributed by atoms with Gasteiger partial charge >= 0.3 is 13.8 Å². The molecule has 0 aliphatic carbocycles. The summed E-state index contributed by atoms with van der Waals surface area (Å²) in [5, 5.41) is 0. The van der Waals surface area contributed by atoms with Crippen LogP contribution in [0.15, 0.2) is 24.3 Å². The van der Waals surface area contributed by atoms with E-state index in [1.54, 1.807) is 0 Å². The molecule has 0 saturated heterocycles. The third-order valence-electron chi connectivity index (χ3n) is 9.27. The number of nitrogens with zero attached hydrogens (tertiary/aromatic N) is 1. The fraction of sp³-hybridized carbons (Fsp3) is 0.884. The van der Waals surface area contributed by atoms with Crippen LogP contribution >= 0.6 is 7.82 Å². The van der Waals surface area contributed by atoms with E-state index >= 15 is 0 Å². The Morgan fingerprint density at radius 2 is 1.06 bits per heavy atom. The molecule has 0 aliphatic heterocycles. The molecule has 0 aliphatic rings. The number of likely N-dealkylation sites (N-methyl/N-ethyl adjacent to an activating group) is 1. The Bertz CT molecular complexity index is 889. The van der Waals surface area contributed by atoms with E-state index in [9.17, 15) is 14.3 Å². The maximum Gasteiger partial charge on any atom is 0.472 e. The number of allylic oxidation sites excluding steroid dienone is 4. The zero-order chi connectivity index (χ0) is 38.4. The first kappa shape index (κ1) is 51.0. The summed E-state index contributed by atoms with van der Waals surface area (Å²) >= 11 is 0. The van der Waals surface area contributed by atoms with E-state index in [0.717, 1.165) is 44.9 Å². The lowest BCUT2D eigenvalue weighted by Gasteiger charge is -2.24. The van der Waals surface area contributed by atoms with Gasteiger partial charge in [0.25, 0.3) is 0 Å². The van der Waals surface area contributed by atoms with Crippen LogP contribution in [0.3, 0.4) is 0 Å². The van der Waals surface area contributed by atoms with Crippen LogP contribution in [0.2, 0.25) is 0 Å². The van der Waals surface area contributed by atoms with Crippen molar-refractivity contribution in [2.24, 2.45) is 0 Å². The van der Waals surface area contributed by atoms with Gasteiger partial charge in [-0.3, -0.25) is 13.8 Å². The first-order valence-electron chi connectivity index (χ1n) is 21.6. The molecule has 2 unspecified atom stereocenters. The molecule has 0 heterocycles. The van der Waals surface area contributed by atoms with Crippen LogP contribution in [0.4, 0.5) is 0 Å². The molecule has 0 spiro atoms. The number of esters is 1. The summed E-state index contributed by atoms with van der Waals surface area (Å²) in [7, 11) is 1.67. The first-order valence-corrected chi connectivity index (χ1v) is 23.1. The lowest BCUT2D eigenvalue weighted by molar-refractivity contribution is -0.870. The lowest BCUT2D eigenvalue weighted by Crippen LogP contribution is -2.37. The number of phosphoric ester groups is 1. The van der Waals surface area contributed by atoms with Crippen molar-refractivity contribution in [1.82, 2.24) is 0 Å². The average Bonchev–Trinajstić information content (AvgIpc) is 3.09. The fourth-order valence-corrected chi connectivity index (χ4v) is 6.62. The minimum Gasteiger partial charge on any atom is -0.457 e. The van der Waals surface area contributed by atoms with Crippen LogP contribution in [0, 0.1) is 0 Å². The van der Waals surface area contributed by atoms with Crippen molar-refractivity contribution in [1.29, 1.82) is 0 Å². The Hall–Kier alpha value is -1.02. The first-order chi connectivity index (χ1) is 25.1. The molecule has 0 aromatic carbocycles. The summed E-state index contributed by atoms with van der Waals surface area (Å²) in [6, 6.07) is 0. The molecule has 0 amide bonds. The fourth-order valence-electron chi connectivity index (χ4n) is 5.88. The number of unbranched alkanes of at least 4 members (excludes halogenated alkanes) is 22. The largest absolute Gasteiger partial charge is 0.472 e. The van der Waals surface area contributed by atoms with Crippen molar-refractivity contribution in [2.75, 3.05) is 54.1 Å². The van der Waals surface area contributed by atoms with Crippen LogP contribution in [-0.4, -0.2) is 75.6 Å². The number of hydrogen-bond donors (Lipinski definition) is 1. The summed E-state index contributed by atoms with van der Waals surface area (Å²) in [5.74, 6) is -0.320. The summed E-state index contributed by atoms with van der Waals surface area (Å²) in [5.41, 5.74) is 0. The summed E-state index contributed by atoms with van der Waals surface area (Å²) < 4.78 is 34.9. The van der Waals surface area contributed by atoms with E-state index in [1.807, 2.05) is 21.1 Å². The Kier molecular flexibility index (Phi) is 36.2. The normalized spacial score (nSPS) is 14.0. The number of carbonyl (C=O) groups is 1. The monoisotopic (exact) mass is 759 g/mol. The van der Waals surface area contributed by atoms with Crippen LogP contribution in [-0.2, 0) is 27.9 Å². The van der Waals surface area contributed by atoms with Crippen molar-refractivity contribution < 1.29 is 37.3 Å². The minimum absolute atomic E-state index is 0.0887. The third kappa shape index (κ3) is 40.2. The summed E-state index contributed by atoms with van der Waals surface area (Å²) in [6.07, 6.45) is 40.6. The van der Waals surface area contributed by atoms with Crippen molar-refractivity contribution in [3.8, 4) is 0 Å². The molecule has 0 bridgehead atoms. The standard InChI is InChI=1S/C43H84NO7P/c1-6-8-10-12-14-16-18-20-21-22-23-24-25-26-28-30-32-34-36-43(45)51-42(41-50-52(46,47)49-39-37-44(3,4)5)40-48-38-35-33-31-29-27-19-17-15-13-11-9-7-2/h16,18,21-22,42H,6-15,17,19-20,23-41H2,1-5H3/p+1/b18-16-,22-21-. The lowest BCUT2D eigenvalue weighted by atomic mass is 10.1. The van der Waals surface area contributed by atoms with E-state index in [-0.39, 0.29) is 25.8 Å². The highest BCUT2D eigenvalue weighted by Gasteiger charge is 2.26. The predicted molar refractivity (Wildman–Crippen MR) is 220 cm³/mol. The highest BCUT2D eigenvalue weighted by atomic mass is 31.2. The van der Waals surface area contributed by atoms with Crippen LogP contribution in [0.5, 0.6) is 0 Å². The molecule has 9 heteroatoms. The second-order valence-electron chi connectivity index (χ2n) is 15.7. The van der Waals surface area contributed by atoms with Gasteiger partial charge in [0.1, 0.15) is 19.3 Å². The number of rotatable bonds is 40. The van der Waals surface area contributed by atoms with Gasteiger partial charge in [0.2, 0.25) is 0 Å². The maximum atomic E-state index is 12.7. The highest BCUT2D eigenvalue weighted by molar-refractivity contribution is 7.47. The van der Waals surface area contributed by atoms with E-state index in [1.165, 1.54) is 122 Å². The zero-order valence-electron chi connectivity index (χ0n) is 34.8. The van der Waals surface area contributed by atoms with E-state index in [4.69, 9.17) is 18.5 Å². The molecular weight excluding hydrogens is 673 g/mol. The quantitative estimate of drug-likeness (QED) is 0.0219. The van der Waals surface area contributed by atoms with Gasteiger partial charge in [0.05, 0.1) is 34.4 Å². The number of phosphoric acid groups is 1. The van der Waals surface area contributed by atoms with Gasteiger partial charge in [0.15, 0.2) is 0 Å². The molecule has 0 aromatic heterocycles. The molecule has 2 atom stereocenters. The SMILES string of the molecule is CCCCCC/C=C\C/C=C\CCCCCCCCCC(=O)OC(COCCCCCCCCCCCCCC)COP(=O)(O)OCC[N+](C)(C)C. The van der Waals surface area contributed by atoms with Crippen molar-refractivity contribution >= 4 is 13.8 Å². The van der Waals surface area contributed by atoms with Gasteiger partial charge < -0.3 is 18.9 Å². The average molecular weight is 759 g/mol. The Morgan fingerprint density at radius 1 is 0.596 bits per heavy atom. The number of ether oxygens (including phenoxy) is 2. The number of hydrogen-bond acceptors (Lipinski definition) is 6. The molecule has 52 heavy (non-hydrogen) atoms. The molecule has 0 rings (SSSR count). The van der Waals surface area contributed by atoms with Gasteiger partial charge in [-0.2, -0.15) is 0 Å². The smallest absolute Gasteiger partial charge is 0.457 e. The van der Waals surface area contributed by atoms with E-state index in [0.29, 0.717) is 24.1 Å². The zero-order valence-corrected chi connectivity index (χ0v) is 35.7.